The largest absolute Gasteiger partial charge is 0.337 e. The van der Waals surface area contributed by atoms with Crippen LogP contribution < -0.4 is 0 Å². The highest BCUT2D eigenvalue weighted by molar-refractivity contribution is 5.31. The van der Waals surface area contributed by atoms with Gasteiger partial charge in [0.1, 0.15) is 12.2 Å². The van der Waals surface area contributed by atoms with Crippen LogP contribution in [0.15, 0.2) is 18.7 Å². The molecule has 0 unspecified atom stereocenters. The van der Waals surface area contributed by atoms with Gasteiger partial charge in [0.25, 0.3) is 0 Å². The smallest absolute Gasteiger partial charge is 0.122 e. The van der Waals surface area contributed by atoms with Gasteiger partial charge < -0.3 is 4.57 Å². The van der Waals surface area contributed by atoms with Gasteiger partial charge in [-0.05, 0) is 24.8 Å². The highest BCUT2D eigenvalue weighted by Crippen LogP contribution is 2.41. The number of rotatable bonds is 3. The standard InChI is InChI=1S/C16H21N5/c1-20-9-6-17-15(20)10-21-7-4-13-14(5-8-21)18-11-19-16(13)12-2-3-12/h6,9,11-12H,2-5,7-8,10H2,1H3. The predicted octanol–water partition coefficient (Wildman–Crippen LogP) is 1.69. The third kappa shape index (κ3) is 2.58. The Morgan fingerprint density at radius 3 is 2.76 bits per heavy atom. The Morgan fingerprint density at radius 2 is 2.00 bits per heavy atom. The number of nitrogens with zero attached hydrogens (tertiary/aromatic N) is 5. The molecule has 3 heterocycles. The van der Waals surface area contributed by atoms with E-state index in [4.69, 9.17) is 0 Å². The molecule has 0 saturated heterocycles. The van der Waals surface area contributed by atoms with Crippen LogP contribution in [0.1, 0.15) is 41.5 Å². The summed E-state index contributed by atoms with van der Waals surface area (Å²) in [4.78, 5) is 16.0. The molecule has 4 rings (SSSR count). The van der Waals surface area contributed by atoms with Crippen LogP contribution in [-0.4, -0.2) is 37.5 Å². The molecule has 0 spiro atoms. The summed E-state index contributed by atoms with van der Waals surface area (Å²) in [5.41, 5.74) is 4.04. The van der Waals surface area contributed by atoms with Crippen LogP contribution in [-0.2, 0) is 26.4 Å². The van der Waals surface area contributed by atoms with Gasteiger partial charge in [0.2, 0.25) is 0 Å². The van der Waals surface area contributed by atoms with Crippen LogP contribution in [0.5, 0.6) is 0 Å². The van der Waals surface area contributed by atoms with Crippen molar-refractivity contribution in [2.24, 2.45) is 7.05 Å². The average Bonchev–Trinajstić information content (AvgIpc) is 3.28. The van der Waals surface area contributed by atoms with Gasteiger partial charge in [-0.25, -0.2) is 15.0 Å². The minimum absolute atomic E-state index is 0.711. The van der Waals surface area contributed by atoms with Gasteiger partial charge in [-0.3, -0.25) is 4.90 Å². The van der Waals surface area contributed by atoms with Crippen LogP contribution in [0.3, 0.4) is 0 Å². The van der Waals surface area contributed by atoms with Crippen molar-refractivity contribution in [3.05, 3.63) is 41.5 Å². The second-order valence-electron chi connectivity index (χ2n) is 6.19. The second kappa shape index (κ2) is 5.22. The van der Waals surface area contributed by atoms with Gasteiger partial charge in [0.15, 0.2) is 0 Å². The van der Waals surface area contributed by atoms with E-state index in [2.05, 4.69) is 31.5 Å². The van der Waals surface area contributed by atoms with E-state index in [0.717, 1.165) is 38.3 Å². The number of aryl methyl sites for hydroxylation is 1. The van der Waals surface area contributed by atoms with Gasteiger partial charge >= 0.3 is 0 Å². The molecular weight excluding hydrogens is 262 g/mol. The minimum atomic E-state index is 0.711. The fourth-order valence-electron chi connectivity index (χ4n) is 3.21. The highest BCUT2D eigenvalue weighted by Gasteiger charge is 2.30. The fourth-order valence-corrected chi connectivity index (χ4v) is 3.21. The second-order valence-corrected chi connectivity index (χ2v) is 6.19. The first-order valence-corrected chi connectivity index (χ1v) is 7.82. The summed E-state index contributed by atoms with van der Waals surface area (Å²) in [6, 6.07) is 0. The third-order valence-electron chi connectivity index (χ3n) is 4.66. The van der Waals surface area contributed by atoms with Gasteiger partial charge in [-0.2, -0.15) is 0 Å². The molecule has 0 aromatic carbocycles. The molecule has 1 fully saturated rings. The molecule has 1 saturated carbocycles. The van der Waals surface area contributed by atoms with Crippen LogP contribution in [0, 0.1) is 0 Å². The molecule has 1 aliphatic heterocycles. The SMILES string of the molecule is Cn1ccnc1CN1CCc2ncnc(C3CC3)c2CC1. The molecule has 110 valence electrons. The van der Waals surface area contributed by atoms with Gasteiger partial charge in [-0.1, -0.05) is 0 Å². The zero-order valence-electron chi connectivity index (χ0n) is 12.5. The van der Waals surface area contributed by atoms with Crippen molar-refractivity contribution in [3.8, 4) is 0 Å². The van der Waals surface area contributed by atoms with Crippen molar-refractivity contribution >= 4 is 0 Å². The van der Waals surface area contributed by atoms with Gasteiger partial charge in [-0.15, -0.1) is 0 Å². The average molecular weight is 283 g/mol. The van der Waals surface area contributed by atoms with Crippen molar-refractivity contribution in [1.29, 1.82) is 0 Å². The number of aromatic nitrogens is 4. The van der Waals surface area contributed by atoms with E-state index >= 15 is 0 Å². The first kappa shape index (κ1) is 13.0. The number of fused-ring (bicyclic) bond motifs is 1. The summed E-state index contributed by atoms with van der Waals surface area (Å²) >= 11 is 0. The van der Waals surface area contributed by atoms with E-state index in [0.29, 0.717) is 5.92 Å². The fraction of sp³-hybridized carbons (Fsp3) is 0.562. The lowest BCUT2D eigenvalue weighted by Crippen LogP contribution is -2.27. The van der Waals surface area contributed by atoms with Gasteiger partial charge in [0.05, 0.1) is 12.2 Å². The lowest BCUT2D eigenvalue weighted by molar-refractivity contribution is 0.269. The zero-order chi connectivity index (χ0) is 14.2. The molecule has 0 N–H and O–H groups in total. The molecule has 0 atom stereocenters. The molecular formula is C16H21N5. The maximum Gasteiger partial charge on any atom is 0.122 e. The summed E-state index contributed by atoms with van der Waals surface area (Å²) in [6.45, 7) is 3.05. The van der Waals surface area contributed by atoms with E-state index in [9.17, 15) is 0 Å². The van der Waals surface area contributed by atoms with E-state index < -0.39 is 0 Å². The normalized spacial score (nSPS) is 19.3. The molecule has 0 amide bonds. The summed E-state index contributed by atoms with van der Waals surface area (Å²) in [7, 11) is 2.06. The van der Waals surface area contributed by atoms with Crippen molar-refractivity contribution in [2.45, 2.75) is 38.1 Å². The Bertz CT molecular complexity index is 644. The van der Waals surface area contributed by atoms with Gasteiger partial charge in [0, 0.05) is 50.6 Å². The molecule has 2 aliphatic rings. The topological polar surface area (TPSA) is 46.8 Å². The van der Waals surface area contributed by atoms with Crippen molar-refractivity contribution in [2.75, 3.05) is 13.1 Å². The monoisotopic (exact) mass is 283 g/mol. The van der Waals surface area contributed by atoms with E-state index in [1.807, 2.05) is 12.4 Å². The molecule has 5 heteroatoms. The number of imidazole rings is 1. The molecule has 0 bridgehead atoms. The molecule has 21 heavy (non-hydrogen) atoms. The Kier molecular flexibility index (Phi) is 3.22. The van der Waals surface area contributed by atoms with E-state index in [1.165, 1.54) is 29.8 Å². The third-order valence-corrected chi connectivity index (χ3v) is 4.66. The van der Waals surface area contributed by atoms with Crippen molar-refractivity contribution in [1.82, 2.24) is 24.4 Å². The maximum atomic E-state index is 4.56. The van der Waals surface area contributed by atoms with Crippen LogP contribution in [0.4, 0.5) is 0 Å². The highest BCUT2D eigenvalue weighted by atomic mass is 15.2. The van der Waals surface area contributed by atoms with Crippen LogP contribution >= 0.6 is 0 Å². The molecule has 2 aromatic rings. The van der Waals surface area contributed by atoms with Crippen molar-refractivity contribution < 1.29 is 0 Å². The number of hydrogen-bond donors (Lipinski definition) is 0. The Balaban J connectivity index is 1.52. The first-order chi connectivity index (χ1) is 10.3. The van der Waals surface area contributed by atoms with Crippen molar-refractivity contribution in [3.63, 3.8) is 0 Å². The Morgan fingerprint density at radius 1 is 1.14 bits per heavy atom. The Labute approximate surface area is 125 Å². The van der Waals surface area contributed by atoms with E-state index in [1.54, 1.807) is 6.33 Å². The van der Waals surface area contributed by atoms with Crippen LogP contribution in [0.25, 0.3) is 0 Å². The lowest BCUT2D eigenvalue weighted by Gasteiger charge is -2.19. The quantitative estimate of drug-likeness (QED) is 0.860. The molecule has 0 radical (unpaired) electrons. The first-order valence-electron chi connectivity index (χ1n) is 7.82. The van der Waals surface area contributed by atoms with E-state index in [-0.39, 0.29) is 0 Å². The minimum Gasteiger partial charge on any atom is -0.337 e. The summed E-state index contributed by atoms with van der Waals surface area (Å²) in [5, 5.41) is 0. The molecule has 5 nitrogen and oxygen atoms in total. The Hall–Kier alpha value is -1.75. The predicted molar refractivity (Wildman–Crippen MR) is 79.9 cm³/mol. The lowest BCUT2D eigenvalue weighted by atomic mass is 10.0. The summed E-state index contributed by atoms with van der Waals surface area (Å²) in [6.07, 6.45) is 10.4. The molecule has 2 aromatic heterocycles. The summed E-state index contributed by atoms with van der Waals surface area (Å²) < 4.78 is 2.10. The van der Waals surface area contributed by atoms with Crippen LogP contribution in [0.2, 0.25) is 0 Å². The zero-order valence-corrected chi connectivity index (χ0v) is 12.5. The maximum absolute atomic E-state index is 4.56. The molecule has 1 aliphatic carbocycles. The summed E-state index contributed by atoms with van der Waals surface area (Å²) in [5.74, 6) is 1.84. The number of hydrogen-bond acceptors (Lipinski definition) is 4.